The first-order valence-electron chi connectivity index (χ1n) is 4.41. The van der Waals surface area contributed by atoms with Crippen LogP contribution >= 0.6 is 11.3 Å². The van der Waals surface area contributed by atoms with Gasteiger partial charge in [0, 0.05) is 18.6 Å². The molecule has 0 amide bonds. The Kier molecular flexibility index (Phi) is 1.64. The molecule has 0 radical (unpaired) electrons. The van der Waals surface area contributed by atoms with E-state index in [0.717, 1.165) is 4.96 Å². The van der Waals surface area contributed by atoms with E-state index in [2.05, 4.69) is 35.4 Å². The minimum atomic E-state index is 1.05. The predicted molar refractivity (Wildman–Crippen MR) is 58.5 cm³/mol. The summed E-state index contributed by atoms with van der Waals surface area (Å²) >= 11 is 1.71. The minimum Gasteiger partial charge on any atom is -0.297 e. The van der Waals surface area contributed by atoms with Gasteiger partial charge in [-0.2, -0.15) is 0 Å². The summed E-state index contributed by atoms with van der Waals surface area (Å²) in [6.07, 6.45) is 5.90. The SMILES string of the molecule is c1ccc(-c2cn3ccnc3s2)cc1. The van der Waals surface area contributed by atoms with E-state index in [0.29, 0.717) is 0 Å². The van der Waals surface area contributed by atoms with Crippen molar-refractivity contribution in [2.75, 3.05) is 0 Å². The van der Waals surface area contributed by atoms with Gasteiger partial charge in [-0.3, -0.25) is 4.40 Å². The van der Waals surface area contributed by atoms with Crippen molar-refractivity contribution in [2.24, 2.45) is 0 Å². The summed E-state index contributed by atoms with van der Waals surface area (Å²) in [4.78, 5) is 6.55. The molecule has 0 fully saturated rings. The van der Waals surface area contributed by atoms with Gasteiger partial charge in [-0.25, -0.2) is 4.98 Å². The zero-order valence-electron chi connectivity index (χ0n) is 7.42. The molecule has 3 rings (SSSR count). The first-order valence-corrected chi connectivity index (χ1v) is 5.23. The Morgan fingerprint density at radius 3 is 2.79 bits per heavy atom. The number of hydrogen-bond donors (Lipinski definition) is 0. The fourth-order valence-electron chi connectivity index (χ4n) is 1.46. The Morgan fingerprint density at radius 1 is 1.14 bits per heavy atom. The molecule has 3 heteroatoms. The third-order valence-corrected chi connectivity index (χ3v) is 3.21. The zero-order valence-corrected chi connectivity index (χ0v) is 8.24. The Hall–Kier alpha value is -1.61. The quantitative estimate of drug-likeness (QED) is 0.590. The van der Waals surface area contributed by atoms with Gasteiger partial charge in [0.1, 0.15) is 0 Å². The van der Waals surface area contributed by atoms with Crippen LogP contribution in [-0.4, -0.2) is 9.38 Å². The van der Waals surface area contributed by atoms with Crippen LogP contribution in [0, 0.1) is 0 Å². The van der Waals surface area contributed by atoms with Crippen molar-refractivity contribution in [3.8, 4) is 10.4 Å². The Bertz CT molecular complexity index is 522. The van der Waals surface area contributed by atoms with E-state index in [-0.39, 0.29) is 0 Å². The topological polar surface area (TPSA) is 17.3 Å². The summed E-state index contributed by atoms with van der Waals surface area (Å²) in [5.74, 6) is 0. The van der Waals surface area contributed by atoms with Crippen LogP contribution in [0.25, 0.3) is 15.4 Å². The highest BCUT2D eigenvalue weighted by Crippen LogP contribution is 2.27. The van der Waals surface area contributed by atoms with Gasteiger partial charge >= 0.3 is 0 Å². The highest BCUT2D eigenvalue weighted by Gasteiger charge is 2.03. The van der Waals surface area contributed by atoms with Gasteiger partial charge in [0.15, 0.2) is 4.96 Å². The van der Waals surface area contributed by atoms with E-state index in [4.69, 9.17) is 0 Å². The average Bonchev–Trinajstić information content (AvgIpc) is 2.78. The van der Waals surface area contributed by atoms with Crippen LogP contribution in [0.3, 0.4) is 0 Å². The largest absolute Gasteiger partial charge is 0.297 e. The summed E-state index contributed by atoms with van der Waals surface area (Å²) in [5, 5.41) is 0. The second-order valence-corrected chi connectivity index (χ2v) is 4.09. The summed E-state index contributed by atoms with van der Waals surface area (Å²) < 4.78 is 2.05. The molecular weight excluding hydrogens is 192 g/mol. The number of thiazole rings is 1. The molecule has 0 unspecified atom stereocenters. The van der Waals surface area contributed by atoms with Crippen LogP contribution in [-0.2, 0) is 0 Å². The van der Waals surface area contributed by atoms with Gasteiger partial charge in [0.05, 0.1) is 4.88 Å². The summed E-state index contributed by atoms with van der Waals surface area (Å²) in [6, 6.07) is 10.4. The normalized spacial score (nSPS) is 10.9. The molecule has 0 aliphatic rings. The highest BCUT2D eigenvalue weighted by atomic mass is 32.1. The van der Waals surface area contributed by atoms with Gasteiger partial charge in [0.25, 0.3) is 0 Å². The summed E-state index contributed by atoms with van der Waals surface area (Å²) in [7, 11) is 0. The maximum atomic E-state index is 4.25. The molecule has 0 aliphatic heterocycles. The van der Waals surface area contributed by atoms with Crippen LogP contribution in [0.1, 0.15) is 0 Å². The molecule has 0 aliphatic carbocycles. The number of aromatic nitrogens is 2. The lowest BCUT2D eigenvalue weighted by atomic mass is 10.2. The second kappa shape index (κ2) is 2.96. The van der Waals surface area contributed by atoms with Crippen LogP contribution in [0.15, 0.2) is 48.9 Å². The number of imidazole rings is 1. The molecule has 0 saturated carbocycles. The maximum absolute atomic E-state index is 4.25. The second-order valence-electron chi connectivity index (χ2n) is 3.08. The maximum Gasteiger partial charge on any atom is 0.194 e. The first-order chi connectivity index (χ1) is 6.93. The molecule has 1 aromatic carbocycles. The lowest BCUT2D eigenvalue weighted by Crippen LogP contribution is -1.71. The fourth-order valence-corrected chi connectivity index (χ4v) is 2.41. The predicted octanol–water partition coefficient (Wildman–Crippen LogP) is 3.06. The van der Waals surface area contributed by atoms with Gasteiger partial charge in [-0.15, -0.1) is 0 Å². The fraction of sp³-hybridized carbons (Fsp3) is 0. The van der Waals surface area contributed by atoms with E-state index < -0.39 is 0 Å². The van der Waals surface area contributed by atoms with Crippen molar-refractivity contribution in [3.63, 3.8) is 0 Å². The number of fused-ring (bicyclic) bond motifs is 1. The lowest BCUT2D eigenvalue weighted by Gasteiger charge is -1.92. The number of rotatable bonds is 1. The standard InChI is InChI=1S/C11H8N2S/c1-2-4-9(5-3-1)10-8-13-7-6-12-11(13)14-10/h1-8H. The van der Waals surface area contributed by atoms with E-state index in [9.17, 15) is 0 Å². The molecule has 14 heavy (non-hydrogen) atoms. The molecule has 0 atom stereocenters. The number of nitrogens with zero attached hydrogens (tertiary/aromatic N) is 2. The molecule has 3 aromatic rings. The summed E-state index contributed by atoms with van der Waals surface area (Å²) in [6.45, 7) is 0. The monoisotopic (exact) mass is 200 g/mol. The van der Waals surface area contributed by atoms with Crippen LogP contribution in [0.5, 0.6) is 0 Å². The number of hydrogen-bond acceptors (Lipinski definition) is 2. The lowest BCUT2D eigenvalue weighted by molar-refractivity contribution is 1.23. The van der Waals surface area contributed by atoms with Crippen molar-refractivity contribution >= 4 is 16.3 Å². The Balaban J connectivity index is 2.19. The first kappa shape index (κ1) is 7.76. The Morgan fingerprint density at radius 2 is 2.00 bits per heavy atom. The zero-order chi connectivity index (χ0) is 9.38. The highest BCUT2D eigenvalue weighted by molar-refractivity contribution is 7.20. The van der Waals surface area contributed by atoms with E-state index in [1.165, 1.54) is 10.4 Å². The van der Waals surface area contributed by atoms with E-state index in [1.807, 2.05) is 22.9 Å². The molecule has 0 bridgehead atoms. The van der Waals surface area contributed by atoms with Gasteiger partial charge in [0.2, 0.25) is 0 Å². The Labute approximate surface area is 85.5 Å². The third-order valence-electron chi connectivity index (χ3n) is 2.15. The molecule has 2 nitrogen and oxygen atoms in total. The van der Waals surface area contributed by atoms with Gasteiger partial charge < -0.3 is 0 Å². The van der Waals surface area contributed by atoms with Crippen LogP contribution in [0.2, 0.25) is 0 Å². The van der Waals surface area contributed by atoms with Crippen molar-refractivity contribution in [1.82, 2.24) is 9.38 Å². The molecule has 2 aromatic heterocycles. The molecule has 68 valence electrons. The van der Waals surface area contributed by atoms with Crippen molar-refractivity contribution in [3.05, 3.63) is 48.9 Å². The van der Waals surface area contributed by atoms with Gasteiger partial charge in [-0.05, 0) is 5.56 Å². The summed E-state index contributed by atoms with van der Waals surface area (Å²) in [5.41, 5.74) is 1.25. The molecule has 0 spiro atoms. The average molecular weight is 200 g/mol. The van der Waals surface area contributed by atoms with E-state index in [1.54, 1.807) is 11.3 Å². The third kappa shape index (κ3) is 1.14. The van der Waals surface area contributed by atoms with E-state index >= 15 is 0 Å². The van der Waals surface area contributed by atoms with Crippen molar-refractivity contribution in [1.29, 1.82) is 0 Å². The van der Waals surface area contributed by atoms with Crippen LogP contribution < -0.4 is 0 Å². The molecular formula is C11H8N2S. The minimum absolute atomic E-state index is 1.05. The van der Waals surface area contributed by atoms with Crippen molar-refractivity contribution < 1.29 is 0 Å². The van der Waals surface area contributed by atoms with Crippen LogP contribution in [0.4, 0.5) is 0 Å². The molecule has 2 heterocycles. The molecule has 0 saturated heterocycles. The molecule has 0 N–H and O–H groups in total. The smallest absolute Gasteiger partial charge is 0.194 e. The van der Waals surface area contributed by atoms with Gasteiger partial charge in [-0.1, -0.05) is 41.7 Å². The van der Waals surface area contributed by atoms with Crippen molar-refractivity contribution in [2.45, 2.75) is 0 Å². The number of benzene rings is 1.